The van der Waals surface area contributed by atoms with E-state index in [0.29, 0.717) is 21.1 Å². The van der Waals surface area contributed by atoms with Crippen LogP contribution < -0.4 is 16.2 Å². The van der Waals surface area contributed by atoms with E-state index in [4.69, 9.17) is 5.73 Å². The second-order valence-electron chi connectivity index (χ2n) is 4.97. The van der Waals surface area contributed by atoms with Crippen molar-refractivity contribution in [3.05, 3.63) is 52.5 Å². The van der Waals surface area contributed by atoms with Gasteiger partial charge in [-0.2, -0.15) is 0 Å². The minimum atomic E-state index is -1.30. The molecule has 0 saturated heterocycles. The molecule has 3 aromatic rings. The van der Waals surface area contributed by atoms with Gasteiger partial charge in [-0.25, -0.2) is 4.98 Å². The van der Waals surface area contributed by atoms with Crippen molar-refractivity contribution in [3.63, 3.8) is 0 Å². The van der Waals surface area contributed by atoms with Gasteiger partial charge in [-0.15, -0.1) is 11.3 Å². The summed E-state index contributed by atoms with van der Waals surface area (Å²) in [7, 11) is 0. The number of rotatable bonds is 3. The monoisotopic (exact) mass is 326 g/mol. The van der Waals surface area contributed by atoms with Crippen LogP contribution in [0.15, 0.2) is 36.4 Å². The zero-order chi connectivity index (χ0) is 16.6. The van der Waals surface area contributed by atoms with Gasteiger partial charge in [0.1, 0.15) is 9.71 Å². The molecule has 0 aliphatic heterocycles. The lowest BCUT2D eigenvalue weighted by atomic mass is 10.2. The summed E-state index contributed by atoms with van der Waals surface area (Å²) in [5, 5.41) is 14.2. The zero-order valence-electron chi connectivity index (χ0n) is 12.1. The van der Waals surface area contributed by atoms with Crippen molar-refractivity contribution in [2.75, 3.05) is 11.1 Å². The summed E-state index contributed by atoms with van der Waals surface area (Å²) in [6.07, 6.45) is 0. The van der Waals surface area contributed by atoms with Crippen LogP contribution in [0, 0.1) is 6.92 Å². The van der Waals surface area contributed by atoms with E-state index in [2.05, 4.69) is 10.3 Å². The number of aromatic nitrogens is 1. The minimum Gasteiger partial charge on any atom is -0.545 e. The number of carbonyl (C=O) groups is 2. The number of pyridine rings is 1. The Bertz CT molecular complexity index is 933. The Labute approximate surface area is 135 Å². The van der Waals surface area contributed by atoms with E-state index in [1.54, 1.807) is 6.07 Å². The van der Waals surface area contributed by atoms with Crippen molar-refractivity contribution in [2.24, 2.45) is 0 Å². The largest absolute Gasteiger partial charge is 0.545 e. The lowest BCUT2D eigenvalue weighted by molar-refractivity contribution is -0.255. The number of aromatic carboxylic acids is 1. The third-order valence-corrected chi connectivity index (χ3v) is 4.41. The van der Waals surface area contributed by atoms with Crippen LogP contribution in [0.4, 0.5) is 11.4 Å². The van der Waals surface area contributed by atoms with Gasteiger partial charge >= 0.3 is 0 Å². The number of thiophene rings is 1. The topological polar surface area (TPSA) is 108 Å². The highest BCUT2D eigenvalue weighted by Crippen LogP contribution is 2.33. The van der Waals surface area contributed by atoms with Gasteiger partial charge in [0, 0.05) is 16.8 Å². The number of benzene rings is 1. The molecule has 0 aliphatic carbocycles. The van der Waals surface area contributed by atoms with E-state index in [9.17, 15) is 14.7 Å². The molecule has 7 heteroatoms. The van der Waals surface area contributed by atoms with Crippen molar-refractivity contribution in [1.82, 2.24) is 4.98 Å². The number of nitrogens with two attached hydrogens (primary N) is 1. The number of hydrogen-bond donors (Lipinski definition) is 2. The van der Waals surface area contributed by atoms with Crippen LogP contribution in [0.3, 0.4) is 0 Å². The first-order chi connectivity index (χ1) is 11.0. The maximum atomic E-state index is 12.4. The number of nitrogens with one attached hydrogen (secondary N) is 1. The molecule has 0 unspecified atom stereocenters. The number of fused-ring (bicyclic) bond motifs is 1. The molecule has 3 rings (SSSR count). The molecule has 0 fully saturated rings. The highest BCUT2D eigenvalue weighted by atomic mass is 32.1. The second kappa shape index (κ2) is 5.69. The number of carboxylic acids is 1. The van der Waals surface area contributed by atoms with Crippen molar-refractivity contribution in [3.8, 4) is 0 Å². The van der Waals surface area contributed by atoms with Crippen LogP contribution in [-0.4, -0.2) is 16.9 Å². The number of aryl methyl sites for hydroxylation is 1. The van der Waals surface area contributed by atoms with Crippen molar-refractivity contribution < 1.29 is 14.7 Å². The third kappa shape index (κ3) is 2.86. The fraction of sp³-hybridized carbons (Fsp3) is 0.0625. The minimum absolute atomic E-state index is 0.00981. The molecule has 3 N–H and O–H groups in total. The Balaban J connectivity index is 1.93. The van der Waals surface area contributed by atoms with E-state index >= 15 is 0 Å². The molecule has 0 radical (unpaired) electrons. The van der Waals surface area contributed by atoms with Crippen LogP contribution in [0.1, 0.15) is 25.7 Å². The summed E-state index contributed by atoms with van der Waals surface area (Å²) in [4.78, 5) is 28.7. The van der Waals surface area contributed by atoms with E-state index in [1.807, 2.05) is 19.1 Å². The van der Waals surface area contributed by atoms with Gasteiger partial charge in [0.25, 0.3) is 5.91 Å². The smallest absolute Gasteiger partial charge is 0.267 e. The first-order valence-corrected chi connectivity index (χ1v) is 7.56. The van der Waals surface area contributed by atoms with E-state index in [-0.39, 0.29) is 5.56 Å². The average Bonchev–Trinajstić information content (AvgIpc) is 2.84. The fourth-order valence-corrected chi connectivity index (χ4v) is 3.20. The number of hydrogen-bond acceptors (Lipinski definition) is 6. The summed E-state index contributed by atoms with van der Waals surface area (Å²) in [6.45, 7) is 1.86. The molecule has 0 bridgehead atoms. The van der Waals surface area contributed by atoms with Gasteiger partial charge < -0.3 is 21.0 Å². The van der Waals surface area contributed by atoms with Crippen molar-refractivity contribution in [1.29, 1.82) is 0 Å². The van der Waals surface area contributed by atoms with Gasteiger partial charge in [-0.3, -0.25) is 4.79 Å². The normalized spacial score (nSPS) is 10.7. The average molecular weight is 326 g/mol. The summed E-state index contributed by atoms with van der Waals surface area (Å²) < 4.78 is 0. The van der Waals surface area contributed by atoms with E-state index in [0.717, 1.165) is 11.1 Å². The number of carbonyl (C=O) groups excluding carboxylic acids is 2. The molecule has 1 amide bonds. The Hall–Kier alpha value is -2.93. The van der Waals surface area contributed by atoms with Crippen LogP contribution in [0.25, 0.3) is 10.2 Å². The molecule has 116 valence electrons. The fourth-order valence-electron chi connectivity index (χ4n) is 2.17. The molecular formula is C16H12N3O3S-. The zero-order valence-corrected chi connectivity index (χ0v) is 12.9. The first-order valence-electron chi connectivity index (χ1n) is 6.74. The lowest BCUT2D eigenvalue weighted by Crippen LogP contribution is -2.22. The molecule has 0 atom stereocenters. The Morgan fingerprint density at radius 1 is 1.26 bits per heavy atom. The quantitative estimate of drug-likeness (QED) is 0.763. The Morgan fingerprint density at radius 2 is 2.04 bits per heavy atom. The number of nitrogens with zero attached hydrogens (tertiary/aromatic N) is 1. The standard InChI is InChI=1S/C16H13N3O3S/c1-8-5-6-11-12(17)13(23-15(11)18-8)14(20)19-10-4-2-3-9(7-10)16(21)22/h2-7H,17H2,1H3,(H,19,20)(H,21,22)/p-1. The van der Waals surface area contributed by atoms with Crippen molar-refractivity contribution >= 4 is 44.8 Å². The van der Waals surface area contributed by atoms with Gasteiger partial charge in [0.2, 0.25) is 0 Å². The Morgan fingerprint density at radius 3 is 2.78 bits per heavy atom. The molecule has 0 aliphatic rings. The molecule has 2 aromatic heterocycles. The predicted molar refractivity (Wildman–Crippen MR) is 87.5 cm³/mol. The molecule has 0 spiro atoms. The summed E-state index contributed by atoms with van der Waals surface area (Å²) >= 11 is 1.20. The first kappa shape index (κ1) is 15.0. The highest BCUT2D eigenvalue weighted by Gasteiger charge is 2.17. The molecule has 6 nitrogen and oxygen atoms in total. The summed E-state index contributed by atoms with van der Waals surface area (Å²) in [5.74, 6) is -1.71. The third-order valence-electron chi connectivity index (χ3n) is 3.30. The molecular weight excluding hydrogens is 314 g/mol. The van der Waals surface area contributed by atoms with Gasteiger partial charge in [0.15, 0.2) is 0 Å². The van der Waals surface area contributed by atoms with Crippen LogP contribution in [-0.2, 0) is 0 Å². The SMILES string of the molecule is Cc1ccc2c(N)c(C(=O)Nc3cccc(C(=O)[O-])c3)sc2n1. The van der Waals surface area contributed by atoms with E-state index in [1.165, 1.54) is 29.5 Å². The highest BCUT2D eigenvalue weighted by molar-refractivity contribution is 7.21. The number of carboxylic acid groups (broad SMARTS) is 1. The predicted octanol–water partition coefficient (Wildman–Crippen LogP) is 1.80. The van der Waals surface area contributed by atoms with Crippen LogP contribution in [0.5, 0.6) is 0 Å². The maximum absolute atomic E-state index is 12.4. The summed E-state index contributed by atoms with van der Waals surface area (Å²) in [5.41, 5.74) is 7.58. The van der Waals surface area contributed by atoms with Gasteiger partial charge in [0.05, 0.1) is 11.7 Å². The van der Waals surface area contributed by atoms with Crippen LogP contribution in [0.2, 0.25) is 0 Å². The number of anilines is 2. The maximum Gasteiger partial charge on any atom is 0.267 e. The molecule has 1 aromatic carbocycles. The lowest BCUT2D eigenvalue weighted by Gasteiger charge is -2.07. The number of amides is 1. The van der Waals surface area contributed by atoms with E-state index < -0.39 is 11.9 Å². The molecule has 2 heterocycles. The van der Waals surface area contributed by atoms with Crippen molar-refractivity contribution in [2.45, 2.75) is 6.92 Å². The number of nitrogen functional groups attached to an aromatic ring is 1. The molecule has 0 saturated carbocycles. The van der Waals surface area contributed by atoms with Crippen LogP contribution >= 0.6 is 11.3 Å². The van der Waals surface area contributed by atoms with Gasteiger partial charge in [-0.1, -0.05) is 12.1 Å². The molecule has 23 heavy (non-hydrogen) atoms. The summed E-state index contributed by atoms with van der Waals surface area (Å²) in [6, 6.07) is 9.51. The second-order valence-corrected chi connectivity index (χ2v) is 5.97. The Kier molecular flexibility index (Phi) is 3.71. The van der Waals surface area contributed by atoms with Gasteiger partial charge in [-0.05, 0) is 36.8 Å².